The first-order chi connectivity index (χ1) is 10.1. The first-order valence-electron chi connectivity index (χ1n) is 7.50. The molecule has 3 rings (SSSR count). The predicted octanol–water partition coefficient (Wildman–Crippen LogP) is 1.74. The van der Waals surface area contributed by atoms with E-state index in [-0.39, 0.29) is 11.3 Å². The minimum Gasteiger partial charge on any atom is -0.399 e. The third-order valence-corrected chi connectivity index (χ3v) is 6.58. The molecule has 1 saturated heterocycles. The highest BCUT2D eigenvalue weighted by Crippen LogP contribution is 2.34. The molecule has 2 aliphatic rings. The summed E-state index contributed by atoms with van der Waals surface area (Å²) in [7, 11) is -3.25. The number of sulfonamides is 1. The van der Waals surface area contributed by atoms with Gasteiger partial charge in [0.1, 0.15) is 0 Å². The maximum Gasteiger partial charge on any atom is 0.217 e. The van der Waals surface area contributed by atoms with Gasteiger partial charge in [-0.1, -0.05) is 12.1 Å². The van der Waals surface area contributed by atoms with Crippen molar-refractivity contribution in [1.29, 1.82) is 0 Å². The Morgan fingerprint density at radius 2 is 1.71 bits per heavy atom. The van der Waals surface area contributed by atoms with Gasteiger partial charge in [0.15, 0.2) is 0 Å². The zero-order valence-electron chi connectivity index (χ0n) is 12.1. The van der Waals surface area contributed by atoms with E-state index in [1.165, 1.54) is 0 Å². The Hall–Kier alpha value is -1.11. The molecule has 6 heteroatoms. The van der Waals surface area contributed by atoms with E-state index in [0.717, 1.165) is 18.4 Å². The molecule has 1 aliphatic carbocycles. The monoisotopic (exact) mass is 310 g/mol. The summed E-state index contributed by atoms with van der Waals surface area (Å²) in [5, 5.41) is -0.291. The van der Waals surface area contributed by atoms with Crippen molar-refractivity contribution in [2.24, 2.45) is 0 Å². The summed E-state index contributed by atoms with van der Waals surface area (Å²) in [4.78, 5) is 0. The SMILES string of the molecule is Nc1ccc(CN(C2CC2)S(=O)(=O)C2CCOCC2)cc1. The van der Waals surface area contributed by atoms with Crippen LogP contribution in [0.15, 0.2) is 24.3 Å². The molecule has 21 heavy (non-hydrogen) atoms. The van der Waals surface area contributed by atoms with Crippen LogP contribution in [0.4, 0.5) is 5.69 Å². The van der Waals surface area contributed by atoms with Crippen molar-refractivity contribution in [2.45, 2.75) is 43.5 Å². The largest absolute Gasteiger partial charge is 0.399 e. The minimum atomic E-state index is -3.25. The molecular formula is C15H22N2O3S. The third-order valence-electron chi connectivity index (χ3n) is 4.19. The predicted molar refractivity (Wildman–Crippen MR) is 82.2 cm³/mol. The van der Waals surface area contributed by atoms with Gasteiger partial charge in [0.25, 0.3) is 0 Å². The summed E-state index contributed by atoms with van der Waals surface area (Å²) in [5.74, 6) is 0. The molecule has 2 fully saturated rings. The standard InChI is InChI=1S/C15H22N2O3S/c16-13-3-1-12(2-4-13)11-17(14-5-6-14)21(18,19)15-7-9-20-10-8-15/h1-4,14-15H,5-11,16H2. The number of ether oxygens (including phenoxy) is 1. The maximum atomic E-state index is 12.9. The topological polar surface area (TPSA) is 72.6 Å². The molecule has 0 radical (unpaired) electrons. The van der Waals surface area contributed by atoms with Gasteiger partial charge >= 0.3 is 0 Å². The van der Waals surface area contributed by atoms with Gasteiger partial charge in [-0.15, -0.1) is 0 Å². The van der Waals surface area contributed by atoms with Gasteiger partial charge in [-0.05, 0) is 43.4 Å². The van der Waals surface area contributed by atoms with Crippen LogP contribution in [0.25, 0.3) is 0 Å². The van der Waals surface area contributed by atoms with E-state index >= 15 is 0 Å². The maximum absolute atomic E-state index is 12.9. The van der Waals surface area contributed by atoms with E-state index in [9.17, 15) is 8.42 Å². The smallest absolute Gasteiger partial charge is 0.217 e. The molecule has 1 saturated carbocycles. The molecule has 5 nitrogen and oxygen atoms in total. The average Bonchev–Trinajstić information content (AvgIpc) is 3.32. The van der Waals surface area contributed by atoms with Crippen molar-refractivity contribution < 1.29 is 13.2 Å². The molecule has 0 bridgehead atoms. The van der Waals surface area contributed by atoms with E-state index < -0.39 is 10.0 Å². The Balaban J connectivity index is 1.78. The molecule has 0 spiro atoms. The highest BCUT2D eigenvalue weighted by Gasteiger charge is 2.41. The second kappa shape index (κ2) is 5.94. The number of nitrogens with two attached hydrogens (primary N) is 1. The van der Waals surface area contributed by atoms with Gasteiger partial charge in [-0.3, -0.25) is 0 Å². The minimum absolute atomic E-state index is 0.176. The van der Waals surface area contributed by atoms with E-state index in [1.54, 1.807) is 4.31 Å². The number of hydrogen-bond acceptors (Lipinski definition) is 4. The highest BCUT2D eigenvalue weighted by molar-refractivity contribution is 7.89. The zero-order valence-corrected chi connectivity index (χ0v) is 12.9. The molecule has 2 N–H and O–H groups in total. The van der Waals surface area contributed by atoms with Crippen LogP contribution in [0.1, 0.15) is 31.2 Å². The molecule has 116 valence electrons. The molecule has 0 aromatic heterocycles. The second-order valence-corrected chi connectivity index (χ2v) is 8.04. The lowest BCUT2D eigenvalue weighted by Gasteiger charge is -2.29. The molecule has 1 aromatic carbocycles. The van der Waals surface area contributed by atoms with Crippen LogP contribution in [0, 0.1) is 0 Å². The van der Waals surface area contributed by atoms with Gasteiger partial charge in [-0.2, -0.15) is 4.31 Å². The first kappa shape index (κ1) is 14.8. The van der Waals surface area contributed by atoms with Gasteiger partial charge in [0.05, 0.1) is 5.25 Å². The Morgan fingerprint density at radius 1 is 1.10 bits per heavy atom. The highest BCUT2D eigenvalue weighted by atomic mass is 32.2. The van der Waals surface area contributed by atoms with Gasteiger partial charge < -0.3 is 10.5 Å². The average molecular weight is 310 g/mol. The lowest BCUT2D eigenvalue weighted by Crippen LogP contribution is -2.42. The fourth-order valence-corrected chi connectivity index (χ4v) is 4.88. The van der Waals surface area contributed by atoms with E-state index in [1.807, 2.05) is 24.3 Å². The van der Waals surface area contributed by atoms with Crippen molar-refractivity contribution in [3.8, 4) is 0 Å². The molecule has 1 aromatic rings. The van der Waals surface area contributed by atoms with E-state index in [2.05, 4.69) is 0 Å². The van der Waals surface area contributed by atoms with Crippen LogP contribution in [0.5, 0.6) is 0 Å². The number of hydrogen-bond donors (Lipinski definition) is 1. The summed E-state index contributed by atoms with van der Waals surface area (Å²) in [6.07, 6.45) is 3.15. The summed E-state index contributed by atoms with van der Waals surface area (Å²) in [6, 6.07) is 7.63. The molecule has 0 unspecified atom stereocenters. The number of anilines is 1. The van der Waals surface area contributed by atoms with Crippen molar-refractivity contribution in [2.75, 3.05) is 18.9 Å². The van der Waals surface area contributed by atoms with E-state index in [0.29, 0.717) is 38.3 Å². The summed E-state index contributed by atoms with van der Waals surface area (Å²) in [5.41, 5.74) is 7.38. The number of rotatable bonds is 5. The Morgan fingerprint density at radius 3 is 2.29 bits per heavy atom. The molecule has 0 atom stereocenters. The number of nitrogen functional groups attached to an aromatic ring is 1. The quantitative estimate of drug-likeness (QED) is 0.841. The van der Waals surface area contributed by atoms with Gasteiger partial charge in [0.2, 0.25) is 10.0 Å². The third kappa shape index (κ3) is 3.39. The fraction of sp³-hybridized carbons (Fsp3) is 0.600. The molecule has 1 aliphatic heterocycles. The molecule has 1 heterocycles. The Labute approximate surface area is 126 Å². The van der Waals surface area contributed by atoms with Crippen molar-refractivity contribution >= 4 is 15.7 Å². The van der Waals surface area contributed by atoms with Crippen molar-refractivity contribution in [1.82, 2.24) is 4.31 Å². The fourth-order valence-electron chi connectivity index (χ4n) is 2.76. The van der Waals surface area contributed by atoms with Crippen LogP contribution < -0.4 is 5.73 Å². The second-order valence-electron chi connectivity index (χ2n) is 5.87. The van der Waals surface area contributed by atoms with Crippen LogP contribution in [-0.2, 0) is 21.3 Å². The summed E-state index contributed by atoms with van der Waals surface area (Å²) >= 11 is 0. The van der Waals surface area contributed by atoms with Crippen LogP contribution in [0.2, 0.25) is 0 Å². The first-order valence-corrected chi connectivity index (χ1v) is 9.00. The van der Waals surface area contributed by atoms with Crippen LogP contribution >= 0.6 is 0 Å². The van der Waals surface area contributed by atoms with Crippen molar-refractivity contribution in [3.63, 3.8) is 0 Å². The van der Waals surface area contributed by atoms with E-state index in [4.69, 9.17) is 10.5 Å². The van der Waals surface area contributed by atoms with Crippen molar-refractivity contribution in [3.05, 3.63) is 29.8 Å². The lowest BCUT2D eigenvalue weighted by molar-refractivity contribution is 0.0970. The van der Waals surface area contributed by atoms with Gasteiger partial charge in [-0.25, -0.2) is 8.42 Å². The Kier molecular flexibility index (Phi) is 4.19. The lowest BCUT2D eigenvalue weighted by atomic mass is 10.2. The summed E-state index contributed by atoms with van der Waals surface area (Å²) in [6.45, 7) is 1.54. The Bertz CT molecular complexity index is 575. The zero-order chi connectivity index (χ0) is 14.9. The van der Waals surface area contributed by atoms with Gasteiger partial charge in [0, 0.05) is 31.5 Å². The normalized spacial score (nSPS) is 20.8. The molecular weight excluding hydrogens is 288 g/mol. The number of nitrogens with zero attached hydrogens (tertiary/aromatic N) is 1. The van der Waals surface area contributed by atoms with Crippen LogP contribution in [0.3, 0.4) is 0 Å². The number of benzene rings is 1. The van der Waals surface area contributed by atoms with Crippen LogP contribution in [-0.4, -0.2) is 37.2 Å². The molecule has 0 amide bonds. The summed E-state index contributed by atoms with van der Waals surface area (Å²) < 4.78 is 32.8.